The topological polar surface area (TPSA) is 39.7 Å². The molecule has 1 atom stereocenters. The molecule has 0 aromatic heterocycles. The average Bonchev–Trinajstić information content (AvgIpc) is 2.42. The van der Waals surface area contributed by atoms with Crippen molar-refractivity contribution in [2.75, 3.05) is 28.4 Å². The summed E-state index contributed by atoms with van der Waals surface area (Å²) in [5, 5.41) is 3.16. The van der Waals surface area contributed by atoms with Gasteiger partial charge in [-0.15, -0.1) is 12.3 Å². The zero-order valence-electron chi connectivity index (χ0n) is 11.2. The van der Waals surface area contributed by atoms with E-state index in [-0.39, 0.29) is 6.04 Å². The maximum atomic E-state index is 5.36. The fraction of sp³-hybridized carbons (Fsp3) is 0.429. The first-order valence-corrected chi connectivity index (χ1v) is 5.62. The van der Waals surface area contributed by atoms with E-state index < -0.39 is 0 Å². The van der Waals surface area contributed by atoms with Gasteiger partial charge in [0.15, 0.2) is 11.5 Å². The molecule has 0 aliphatic rings. The van der Waals surface area contributed by atoms with Gasteiger partial charge in [0.2, 0.25) is 5.75 Å². The molecule has 1 aromatic rings. The first kappa shape index (κ1) is 14.2. The highest BCUT2D eigenvalue weighted by molar-refractivity contribution is 5.54. The molecule has 1 aromatic carbocycles. The van der Waals surface area contributed by atoms with Crippen LogP contribution in [0.1, 0.15) is 18.0 Å². The lowest BCUT2D eigenvalue weighted by Crippen LogP contribution is -2.16. The van der Waals surface area contributed by atoms with Crippen LogP contribution in [-0.4, -0.2) is 28.4 Å². The Morgan fingerprint density at radius 3 is 2.06 bits per heavy atom. The molecular formula is C14H19NO3. The highest BCUT2D eigenvalue weighted by Gasteiger charge is 2.17. The van der Waals surface area contributed by atoms with Crippen LogP contribution >= 0.6 is 0 Å². The molecule has 4 heteroatoms. The third kappa shape index (κ3) is 2.88. The van der Waals surface area contributed by atoms with Gasteiger partial charge >= 0.3 is 0 Å². The van der Waals surface area contributed by atoms with E-state index in [2.05, 4.69) is 11.2 Å². The number of terminal acetylenes is 1. The van der Waals surface area contributed by atoms with Gasteiger partial charge in [-0.05, 0) is 24.7 Å². The Morgan fingerprint density at radius 1 is 1.17 bits per heavy atom. The van der Waals surface area contributed by atoms with E-state index in [0.717, 1.165) is 5.56 Å². The summed E-state index contributed by atoms with van der Waals surface area (Å²) in [6.07, 6.45) is 5.95. The second kappa shape index (κ2) is 6.77. The van der Waals surface area contributed by atoms with Crippen LogP contribution in [0.2, 0.25) is 0 Å². The van der Waals surface area contributed by atoms with E-state index in [4.69, 9.17) is 20.6 Å². The average molecular weight is 249 g/mol. The van der Waals surface area contributed by atoms with Crippen molar-refractivity contribution in [1.29, 1.82) is 0 Å². The van der Waals surface area contributed by atoms with Crippen molar-refractivity contribution in [3.63, 3.8) is 0 Å². The zero-order chi connectivity index (χ0) is 13.5. The number of methoxy groups -OCH3 is 3. The van der Waals surface area contributed by atoms with Gasteiger partial charge in [-0.25, -0.2) is 0 Å². The lowest BCUT2D eigenvalue weighted by molar-refractivity contribution is 0.323. The fourth-order valence-electron chi connectivity index (χ4n) is 1.81. The predicted octanol–water partition coefficient (Wildman–Crippen LogP) is 2.00. The molecule has 0 bridgehead atoms. The van der Waals surface area contributed by atoms with Crippen LogP contribution in [0, 0.1) is 12.3 Å². The Morgan fingerprint density at radius 2 is 1.72 bits per heavy atom. The van der Waals surface area contributed by atoms with Crippen molar-refractivity contribution >= 4 is 0 Å². The molecule has 4 nitrogen and oxygen atoms in total. The second-order valence-corrected chi connectivity index (χ2v) is 3.71. The Kier molecular flexibility index (Phi) is 5.34. The highest BCUT2D eigenvalue weighted by atomic mass is 16.5. The zero-order valence-corrected chi connectivity index (χ0v) is 11.2. The molecular weight excluding hydrogens is 230 g/mol. The van der Waals surface area contributed by atoms with Crippen LogP contribution in [0.5, 0.6) is 17.2 Å². The first-order chi connectivity index (χ1) is 8.71. The van der Waals surface area contributed by atoms with E-state index >= 15 is 0 Å². The maximum absolute atomic E-state index is 5.36. The number of rotatable bonds is 6. The predicted molar refractivity (Wildman–Crippen MR) is 71.3 cm³/mol. The summed E-state index contributed by atoms with van der Waals surface area (Å²) in [7, 11) is 6.63. The van der Waals surface area contributed by atoms with Crippen LogP contribution in [-0.2, 0) is 0 Å². The van der Waals surface area contributed by atoms with Crippen molar-refractivity contribution < 1.29 is 14.2 Å². The molecule has 0 fully saturated rings. The normalized spacial score (nSPS) is 11.5. The maximum Gasteiger partial charge on any atom is 0.203 e. The molecule has 0 amide bonds. The molecule has 0 heterocycles. The third-order valence-electron chi connectivity index (χ3n) is 2.76. The van der Waals surface area contributed by atoms with Gasteiger partial charge in [0, 0.05) is 12.5 Å². The number of ether oxygens (including phenoxy) is 3. The van der Waals surface area contributed by atoms with Crippen molar-refractivity contribution in [1.82, 2.24) is 5.32 Å². The van der Waals surface area contributed by atoms with Gasteiger partial charge in [-0.1, -0.05) is 0 Å². The van der Waals surface area contributed by atoms with Crippen LogP contribution in [0.3, 0.4) is 0 Å². The third-order valence-corrected chi connectivity index (χ3v) is 2.76. The fourth-order valence-corrected chi connectivity index (χ4v) is 1.81. The minimum absolute atomic E-state index is 0.0590. The molecule has 0 aliphatic heterocycles. The van der Waals surface area contributed by atoms with Gasteiger partial charge in [0.1, 0.15) is 0 Å². The van der Waals surface area contributed by atoms with E-state index in [0.29, 0.717) is 23.7 Å². The number of benzene rings is 1. The summed E-state index contributed by atoms with van der Waals surface area (Å²) in [6.45, 7) is 0. The van der Waals surface area contributed by atoms with Crippen LogP contribution in [0.25, 0.3) is 0 Å². The number of hydrogen-bond acceptors (Lipinski definition) is 4. The van der Waals surface area contributed by atoms with Crippen molar-refractivity contribution in [3.8, 4) is 29.6 Å². The Labute approximate surface area is 108 Å². The van der Waals surface area contributed by atoms with Gasteiger partial charge in [-0.3, -0.25) is 0 Å². The monoisotopic (exact) mass is 249 g/mol. The van der Waals surface area contributed by atoms with Gasteiger partial charge < -0.3 is 19.5 Å². The standard InChI is InChI=1S/C14H19NO3/c1-6-7-11(15-2)10-8-12(16-3)14(18-5)13(9-10)17-4/h1,8-9,11,15H,7H2,2-5H3. The minimum atomic E-state index is 0.0590. The lowest BCUT2D eigenvalue weighted by atomic mass is 10.0. The molecule has 1 N–H and O–H groups in total. The summed E-state index contributed by atoms with van der Waals surface area (Å²) < 4.78 is 15.9. The summed E-state index contributed by atoms with van der Waals surface area (Å²) in [4.78, 5) is 0. The van der Waals surface area contributed by atoms with Crippen LogP contribution in [0.4, 0.5) is 0 Å². The van der Waals surface area contributed by atoms with E-state index in [1.807, 2.05) is 19.2 Å². The lowest BCUT2D eigenvalue weighted by Gasteiger charge is -2.18. The molecule has 1 rings (SSSR count). The van der Waals surface area contributed by atoms with Gasteiger partial charge in [0.25, 0.3) is 0 Å². The molecule has 0 radical (unpaired) electrons. The molecule has 98 valence electrons. The van der Waals surface area contributed by atoms with E-state index in [1.165, 1.54) is 0 Å². The van der Waals surface area contributed by atoms with Crippen LogP contribution in [0.15, 0.2) is 12.1 Å². The first-order valence-electron chi connectivity index (χ1n) is 5.62. The smallest absolute Gasteiger partial charge is 0.203 e. The van der Waals surface area contributed by atoms with Crippen molar-refractivity contribution in [3.05, 3.63) is 17.7 Å². The summed E-state index contributed by atoms with van der Waals surface area (Å²) >= 11 is 0. The molecule has 0 aliphatic carbocycles. The summed E-state index contributed by atoms with van der Waals surface area (Å²) in [5.41, 5.74) is 1.00. The summed E-state index contributed by atoms with van der Waals surface area (Å²) in [6, 6.07) is 3.86. The second-order valence-electron chi connectivity index (χ2n) is 3.71. The van der Waals surface area contributed by atoms with Gasteiger partial charge in [0.05, 0.1) is 21.3 Å². The molecule has 18 heavy (non-hydrogen) atoms. The number of nitrogens with one attached hydrogen (secondary N) is 1. The quantitative estimate of drug-likeness (QED) is 0.783. The molecule has 0 saturated heterocycles. The Hall–Kier alpha value is -1.86. The molecule has 0 saturated carbocycles. The van der Waals surface area contributed by atoms with Crippen molar-refractivity contribution in [2.45, 2.75) is 12.5 Å². The Bertz CT molecular complexity index is 412. The Balaban J connectivity index is 3.26. The van der Waals surface area contributed by atoms with E-state index in [9.17, 15) is 0 Å². The summed E-state index contributed by atoms with van der Waals surface area (Å²) in [5.74, 6) is 4.49. The molecule has 0 spiro atoms. The van der Waals surface area contributed by atoms with E-state index in [1.54, 1.807) is 21.3 Å². The largest absolute Gasteiger partial charge is 0.493 e. The SMILES string of the molecule is C#CCC(NC)c1cc(OC)c(OC)c(OC)c1. The van der Waals surface area contributed by atoms with Gasteiger partial charge in [-0.2, -0.15) is 0 Å². The minimum Gasteiger partial charge on any atom is -0.493 e. The van der Waals surface area contributed by atoms with Crippen LogP contribution < -0.4 is 19.5 Å². The number of hydrogen-bond donors (Lipinski definition) is 1. The van der Waals surface area contributed by atoms with Crippen molar-refractivity contribution in [2.24, 2.45) is 0 Å². The molecule has 1 unspecified atom stereocenters. The highest BCUT2D eigenvalue weighted by Crippen LogP contribution is 2.39.